The second-order valence-corrected chi connectivity index (χ2v) is 5.04. The molecule has 0 saturated carbocycles. The van der Waals surface area contributed by atoms with Crippen LogP contribution in [0.5, 0.6) is 5.75 Å². The fraction of sp³-hybridized carbons (Fsp3) is 0.294. The SMILES string of the molecule is Cc1cc(C)c(O)c(C(CO)c2ccccc2)c1C. The van der Waals surface area contributed by atoms with Crippen molar-refractivity contribution in [2.75, 3.05) is 6.61 Å². The number of aryl methyl sites for hydroxylation is 2. The quantitative estimate of drug-likeness (QED) is 0.883. The molecule has 19 heavy (non-hydrogen) atoms. The van der Waals surface area contributed by atoms with Gasteiger partial charge in [-0.25, -0.2) is 0 Å². The molecule has 0 aromatic heterocycles. The van der Waals surface area contributed by atoms with E-state index >= 15 is 0 Å². The lowest BCUT2D eigenvalue weighted by atomic mass is 9.85. The van der Waals surface area contributed by atoms with Gasteiger partial charge in [0.25, 0.3) is 0 Å². The summed E-state index contributed by atoms with van der Waals surface area (Å²) in [7, 11) is 0. The molecule has 0 bridgehead atoms. The molecule has 2 heteroatoms. The predicted molar refractivity (Wildman–Crippen MR) is 77.7 cm³/mol. The highest BCUT2D eigenvalue weighted by molar-refractivity contribution is 5.53. The average molecular weight is 256 g/mol. The Hall–Kier alpha value is -1.80. The number of benzene rings is 2. The second-order valence-electron chi connectivity index (χ2n) is 5.04. The van der Waals surface area contributed by atoms with E-state index in [0.717, 1.165) is 27.8 Å². The lowest BCUT2D eigenvalue weighted by Gasteiger charge is -2.21. The number of hydrogen-bond acceptors (Lipinski definition) is 2. The van der Waals surface area contributed by atoms with Crippen LogP contribution in [0, 0.1) is 20.8 Å². The van der Waals surface area contributed by atoms with Crippen LogP contribution in [0.1, 0.15) is 33.7 Å². The van der Waals surface area contributed by atoms with Gasteiger partial charge in [-0.15, -0.1) is 0 Å². The normalized spacial score (nSPS) is 12.4. The summed E-state index contributed by atoms with van der Waals surface area (Å²) in [6.07, 6.45) is 0. The summed E-state index contributed by atoms with van der Waals surface area (Å²) in [4.78, 5) is 0. The van der Waals surface area contributed by atoms with E-state index in [9.17, 15) is 10.2 Å². The van der Waals surface area contributed by atoms with Crippen molar-refractivity contribution < 1.29 is 10.2 Å². The molecule has 2 aromatic rings. The third-order valence-corrected chi connectivity index (χ3v) is 3.79. The Morgan fingerprint density at radius 1 is 1.00 bits per heavy atom. The standard InChI is InChI=1S/C17H20O2/c1-11-9-12(2)17(19)16(13(11)3)15(10-18)14-7-5-4-6-8-14/h4-9,15,18-19H,10H2,1-3H3. The minimum absolute atomic E-state index is 0.0126. The van der Waals surface area contributed by atoms with Crippen LogP contribution in [0.2, 0.25) is 0 Å². The van der Waals surface area contributed by atoms with E-state index < -0.39 is 0 Å². The van der Waals surface area contributed by atoms with E-state index in [1.165, 1.54) is 0 Å². The van der Waals surface area contributed by atoms with Gasteiger partial charge in [0.1, 0.15) is 5.75 Å². The molecule has 100 valence electrons. The van der Waals surface area contributed by atoms with Crippen molar-refractivity contribution in [1.82, 2.24) is 0 Å². The number of aliphatic hydroxyl groups is 1. The van der Waals surface area contributed by atoms with Crippen LogP contribution in [0.15, 0.2) is 36.4 Å². The van der Waals surface area contributed by atoms with Gasteiger partial charge in [0.15, 0.2) is 0 Å². The van der Waals surface area contributed by atoms with Gasteiger partial charge in [0, 0.05) is 11.5 Å². The van der Waals surface area contributed by atoms with E-state index in [2.05, 4.69) is 0 Å². The largest absolute Gasteiger partial charge is 0.507 e. The average Bonchev–Trinajstić information content (AvgIpc) is 2.42. The maximum absolute atomic E-state index is 10.4. The third kappa shape index (κ3) is 2.49. The molecule has 1 unspecified atom stereocenters. The molecule has 0 aliphatic heterocycles. The Balaban J connectivity index is 2.62. The Bertz CT molecular complexity index is 547. The first-order chi connectivity index (χ1) is 9.06. The maximum atomic E-state index is 10.4. The summed E-state index contributed by atoms with van der Waals surface area (Å²) in [6.45, 7) is 5.91. The number of aromatic hydroxyl groups is 1. The van der Waals surface area contributed by atoms with Crippen LogP contribution in [-0.2, 0) is 0 Å². The maximum Gasteiger partial charge on any atom is 0.122 e. The smallest absolute Gasteiger partial charge is 0.122 e. The van der Waals surface area contributed by atoms with Crippen LogP contribution in [0.4, 0.5) is 0 Å². The van der Waals surface area contributed by atoms with E-state index in [1.807, 2.05) is 57.2 Å². The second kappa shape index (κ2) is 5.45. The van der Waals surface area contributed by atoms with Crippen LogP contribution < -0.4 is 0 Å². The Morgan fingerprint density at radius 3 is 2.21 bits per heavy atom. The van der Waals surface area contributed by atoms with Crippen LogP contribution in [0.3, 0.4) is 0 Å². The number of phenolic OH excluding ortho intramolecular Hbond substituents is 1. The van der Waals surface area contributed by atoms with Gasteiger partial charge < -0.3 is 10.2 Å². The zero-order valence-corrected chi connectivity index (χ0v) is 11.6. The number of rotatable bonds is 3. The van der Waals surface area contributed by atoms with Crippen molar-refractivity contribution in [3.8, 4) is 5.75 Å². The van der Waals surface area contributed by atoms with Gasteiger partial charge >= 0.3 is 0 Å². The van der Waals surface area contributed by atoms with Gasteiger partial charge in [-0.1, -0.05) is 36.4 Å². The summed E-state index contributed by atoms with van der Waals surface area (Å²) < 4.78 is 0. The molecular weight excluding hydrogens is 236 g/mol. The van der Waals surface area contributed by atoms with Crippen molar-refractivity contribution in [2.45, 2.75) is 26.7 Å². The molecule has 2 nitrogen and oxygen atoms in total. The van der Waals surface area contributed by atoms with Gasteiger partial charge in [0.05, 0.1) is 6.61 Å². The fourth-order valence-corrected chi connectivity index (χ4v) is 2.58. The van der Waals surface area contributed by atoms with Gasteiger partial charge in [-0.05, 0) is 43.0 Å². The molecule has 0 radical (unpaired) electrons. The zero-order chi connectivity index (χ0) is 14.0. The molecule has 2 N–H and O–H groups in total. The van der Waals surface area contributed by atoms with Crippen LogP contribution in [-0.4, -0.2) is 16.8 Å². The van der Waals surface area contributed by atoms with Crippen molar-refractivity contribution in [2.24, 2.45) is 0 Å². The van der Waals surface area contributed by atoms with E-state index in [1.54, 1.807) is 0 Å². The molecule has 0 fully saturated rings. The predicted octanol–water partition coefficient (Wildman–Crippen LogP) is 3.44. The lowest BCUT2D eigenvalue weighted by molar-refractivity contribution is 0.277. The molecule has 0 saturated heterocycles. The monoisotopic (exact) mass is 256 g/mol. The first kappa shape index (κ1) is 13.6. The molecule has 0 aliphatic rings. The van der Waals surface area contributed by atoms with Crippen molar-refractivity contribution in [1.29, 1.82) is 0 Å². The molecule has 0 amide bonds. The Kier molecular flexibility index (Phi) is 3.91. The number of hydrogen-bond donors (Lipinski definition) is 2. The highest BCUT2D eigenvalue weighted by atomic mass is 16.3. The highest BCUT2D eigenvalue weighted by Crippen LogP contribution is 2.37. The van der Waals surface area contributed by atoms with Gasteiger partial charge in [-0.3, -0.25) is 0 Å². The van der Waals surface area contributed by atoms with Crippen molar-refractivity contribution >= 4 is 0 Å². The summed E-state index contributed by atoms with van der Waals surface area (Å²) in [6, 6.07) is 11.8. The first-order valence-electron chi connectivity index (χ1n) is 6.51. The molecule has 0 heterocycles. The van der Waals surface area contributed by atoms with Crippen LogP contribution in [0.25, 0.3) is 0 Å². The van der Waals surface area contributed by atoms with E-state index in [4.69, 9.17) is 0 Å². The number of phenols is 1. The Labute approximate surface area is 114 Å². The summed E-state index contributed by atoms with van der Waals surface area (Å²) in [5, 5.41) is 20.1. The van der Waals surface area contributed by atoms with Crippen LogP contribution >= 0.6 is 0 Å². The molecular formula is C17H20O2. The molecule has 2 rings (SSSR count). The van der Waals surface area contributed by atoms with Crippen molar-refractivity contribution in [3.05, 3.63) is 64.2 Å². The zero-order valence-electron chi connectivity index (χ0n) is 11.6. The molecule has 0 spiro atoms. The highest BCUT2D eigenvalue weighted by Gasteiger charge is 2.21. The molecule has 1 atom stereocenters. The Morgan fingerprint density at radius 2 is 1.63 bits per heavy atom. The summed E-state index contributed by atoms with van der Waals surface area (Å²) in [5.74, 6) is 0.116. The molecule has 0 aliphatic carbocycles. The van der Waals surface area contributed by atoms with E-state index in [-0.39, 0.29) is 12.5 Å². The topological polar surface area (TPSA) is 40.5 Å². The third-order valence-electron chi connectivity index (χ3n) is 3.79. The van der Waals surface area contributed by atoms with Crippen molar-refractivity contribution in [3.63, 3.8) is 0 Å². The lowest BCUT2D eigenvalue weighted by Crippen LogP contribution is -2.09. The minimum atomic E-state index is -0.181. The van der Waals surface area contributed by atoms with Gasteiger partial charge in [0.2, 0.25) is 0 Å². The summed E-state index contributed by atoms with van der Waals surface area (Å²) >= 11 is 0. The first-order valence-corrected chi connectivity index (χ1v) is 6.51. The summed E-state index contributed by atoms with van der Waals surface area (Å²) in [5.41, 5.74) is 4.90. The van der Waals surface area contributed by atoms with Gasteiger partial charge in [-0.2, -0.15) is 0 Å². The van der Waals surface area contributed by atoms with E-state index in [0.29, 0.717) is 5.75 Å². The molecule has 2 aromatic carbocycles. The number of aliphatic hydroxyl groups excluding tert-OH is 1. The fourth-order valence-electron chi connectivity index (χ4n) is 2.58. The minimum Gasteiger partial charge on any atom is -0.507 e.